The number of hydrogen-bond acceptors (Lipinski definition) is 5. The van der Waals surface area contributed by atoms with Crippen molar-refractivity contribution in [3.05, 3.63) is 66.1 Å². The lowest BCUT2D eigenvalue weighted by molar-refractivity contribution is -0.118. The summed E-state index contributed by atoms with van der Waals surface area (Å²) in [6.07, 6.45) is 1.42. The van der Waals surface area contributed by atoms with Crippen molar-refractivity contribution in [2.45, 2.75) is 13.0 Å². The number of nitrogens with one attached hydrogen (secondary N) is 1. The van der Waals surface area contributed by atoms with Crippen LogP contribution in [0.15, 0.2) is 54.9 Å². The van der Waals surface area contributed by atoms with Gasteiger partial charge in [0.1, 0.15) is 12.1 Å². The van der Waals surface area contributed by atoms with E-state index in [1.165, 1.54) is 11.0 Å². The lowest BCUT2D eigenvalue weighted by atomic mass is 10.1. The van der Waals surface area contributed by atoms with Crippen molar-refractivity contribution in [2.24, 2.45) is 0 Å². The van der Waals surface area contributed by atoms with E-state index in [0.717, 1.165) is 11.3 Å². The summed E-state index contributed by atoms with van der Waals surface area (Å²) in [6.45, 7) is 1.87. The van der Waals surface area contributed by atoms with Crippen LogP contribution in [-0.4, -0.2) is 31.1 Å². The molecule has 0 aliphatic rings. The van der Waals surface area contributed by atoms with Crippen LogP contribution in [0, 0.1) is 6.92 Å². The van der Waals surface area contributed by atoms with Crippen LogP contribution >= 0.6 is 0 Å². The van der Waals surface area contributed by atoms with Gasteiger partial charge in [-0.2, -0.15) is 0 Å². The van der Waals surface area contributed by atoms with Crippen LogP contribution in [0.3, 0.4) is 0 Å². The first-order valence-corrected chi connectivity index (χ1v) is 6.76. The fraction of sp³-hybridized carbons (Fsp3) is 0.133. The molecule has 1 atom stereocenters. The lowest BCUT2D eigenvalue weighted by Gasteiger charge is -2.16. The van der Waals surface area contributed by atoms with Crippen LogP contribution in [0.25, 0.3) is 0 Å². The summed E-state index contributed by atoms with van der Waals surface area (Å²) in [5.74, 6) is 0.246. The Balaban J connectivity index is 1.91. The van der Waals surface area contributed by atoms with Gasteiger partial charge in [0.15, 0.2) is 6.04 Å². The summed E-state index contributed by atoms with van der Waals surface area (Å²) < 4.78 is 1.42. The Kier molecular flexibility index (Phi) is 3.86. The number of benzene rings is 1. The molecule has 2 heterocycles. The van der Waals surface area contributed by atoms with Gasteiger partial charge in [0.2, 0.25) is 0 Å². The minimum Gasteiger partial charge on any atom is -0.309 e. The van der Waals surface area contributed by atoms with E-state index < -0.39 is 6.04 Å². The van der Waals surface area contributed by atoms with E-state index in [2.05, 4.69) is 25.8 Å². The monoisotopic (exact) mass is 294 g/mol. The van der Waals surface area contributed by atoms with Gasteiger partial charge in [0, 0.05) is 5.69 Å². The molecular weight excluding hydrogens is 280 g/mol. The summed E-state index contributed by atoms with van der Waals surface area (Å²) in [5, 5.41) is 13.9. The van der Waals surface area contributed by atoms with Gasteiger partial charge < -0.3 is 5.32 Å². The molecule has 3 aromatic rings. The van der Waals surface area contributed by atoms with Gasteiger partial charge in [-0.25, -0.2) is 9.67 Å². The van der Waals surface area contributed by atoms with Crippen LogP contribution < -0.4 is 5.32 Å². The summed E-state index contributed by atoms with van der Waals surface area (Å²) in [4.78, 5) is 16.9. The number of tetrazole rings is 1. The van der Waals surface area contributed by atoms with Crippen molar-refractivity contribution in [3.63, 3.8) is 0 Å². The third kappa shape index (κ3) is 2.98. The molecule has 0 fully saturated rings. The highest BCUT2D eigenvalue weighted by molar-refractivity contribution is 5.94. The van der Waals surface area contributed by atoms with E-state index in [4.69, 9.17) is 0 Å². The Morgan fingerprint density at radius 1 is 1.14 bits per heavy atom. The third-order valence-corrected chi connectivity index (χ3v) is 3.13. The van der Waals surface area contributed by atoms with Gasteiger partial charge in [-0.1, -0.05) is 36.4 Å². The van der Waals surface area contributed by atoms with Crippen LogP contribution in [0.4, 0.5) is 5.82 Å². The molecule has 1 amide bonds. The molecule has 7 heteroatoms. The van der Waals surface area contributed by atoms with Crippen molar-refractivity contribution in [1.82, 2.24) is 25.2 Å². The number of hydrogen-bond donors (Lipinski definition) is 1. The zero-order valence-corrected chi connectivity index (χ0v) is 11.9. The quantitative estimate of drug-likeness (QED) is 0.790. The van der Waals surface area contributed by atoms with Crippen molar-refractivity contribution >= 4 is 11.7 Å². The summed E-state index contributed by atoms with van der Waals surface area (Å²) in [7, 11) is 0. The fourth-order valence-electron chi connectivity index (χ4n) is 2.15. The molecule has 0 saturated heterocycles. The number of pyridine rings is 1. The Morgan fingerprint density at radius 3 is 2.64 bits per heavy atom. The number of carbonyl (C=O) groups excluding carboxylic acids is 1. The van der Waals surface area contributed by atoms with E-state index >= 15 is 0 Å². The molecule has 0 aliphatic heterocycles. The second-order valence-electron chi connectivity index (χ2n) is 4.76. The number of carbonyl (C=O) groups is 1. The molecule has 110 valence electrons. The highest BCUT2D eigenvalue weighted by Gasteiger charge is 2.24. The van der Waals surface area contributed by atoms with Gasteiger partial charge >= 0.3 is 0 Å². The number of amides is 1. The maximum atomic E-state index is 12.7. The van der Waals surface area contributed by atoms with Crippen LogP contribution in [0.2, 0.25) is 0 Å². The van der Waals surface area contributed by atoms with Crippen LogP contribution in [0.5, 0.6) is 0 Å². The molecule has 0 bridgehead atoms. The summed E-state index contributed by atoms with van der Waals surface area (Å²) >= 11 is 0. The highest BCUT2D eigenvalue weighted by Crippen LogP contribution is 2.18. The van der Waals surface area contributed by atoms with Gasteiger partial charge in [-0.3, -0.25) is 4.79 Å². The number of aromatic nitrogens is 5. The van der Waals surface area contributed by atoms with Crippen LogP contribution in [-0.2, 0) is 4.79 Å². The van der Waals surface area contributed by atoms with E-state index in [0.29, 0.717) is 5.82 Å². The summed E-state index contributed by atoms with van der Waals surface area (Å²) in [6, 6.07) is 14.1. The third-order valence-electron chi connectivity index (χ3n) is 3.13. The molecule has 3 rings (SSSR count). The number of anilines is 1. The SMILES string of the molecule is Cc1cccc(NC(=O)C(c2ccccc2)n2cnnn2)n1. The predicted molar refractivity (Wildman–Crippen MR) is 80.0 cm³/mol. The van der Waals surface area contributed by atoms with Gasteiger partial charge in [0.25, 0.3) is 5.91 Å². The normalized spacial score (nSPS) is 11.9. The van der Waals surface area contributed by atoms with Crippen molar-refractivity contribution < 1.29 is 4.79 Å². The minimum atomic E-state index is -0.654. The van der Waals surface area contributed by atoms with Crippen LogP contribution in [0.1, 0.15) is 17.3 Å². The molecule has 0 radical (unpaired) electrons. The molecule has 1 aromatic carbocycles. The zero-order chi connectivity index (χ0) is 15.4. The van der Waals surface area contributed by atoms with Gasteiger partial charge in [0.05, 0.1) is 0 Å². The van der Waals surface area contributed by atoms with E-state index in [9.17, 15) is 4.79 Å². The largest absolute Gasteiger partial charge is 0.309 e. The molecule has 0 saturated carbocycles. The standard InChI is InChI=1S/C15H14N6O/c1-11-6-5-9-13(17-11)18-15(22)14(21-10-16-19-20-21)12-7-3-2-4-8-12/h2-10,14H,1H3,(H,17,18,22). The smallest absolute Gasteiger partial charge is 0.255 e. The van der Waals surface area contributed by atoms with E-state index in [-0.39, 0.29) is 5.91 Å². The topological polar surface area (TPSA) is 85.6 Å². The first-order chi connectivity index (χ1) is 10.7. The van der Waals surface area contributed by atoms with E-state index in [1.807, 2.05) is 49.4 Å². The molecule has 22 heavy (non-hydrogen) atoms. The number of rotatable bonds is 4. The maximum absolute atomic E-state index is 12.7. The first-order valence-electron chi connectivity index (χ1n) is 6.76. The fourth-order valence-corrected chi connectivity index (χ4v) is 2.15. The Morgan fingerprint density at radius 2 is 1.95 bits per heavy atom. The number of nitrogens with zero attached hydrogens (tertiary/aromatic N) is 5. The van der Waals surface area contributed by atoms with Crippen molar-refractivity contribution in [2.75, 3.05) is 5.32 Å². The molecule has 1 unspecified atom stereocenters. The molecule has 1 N–H and O–H groups in total. The first kappa shape index (κ1) is 13.9. The van der Waals surface area contributed by atoms with E-state index in [1.54, 1.807) is 6.07 Å². The Hall–Kier alpha value is -3.09. The second-order valence-corrected chi connectivity index (χ2v) is 4.76. The van der Waals surface area contributed by atoms with Crippen molar-refractivity contribution in [1.29, 1.82) is 0 Å². The maximum Gasteiger partial charge on any atom is 0.255 e. The second kappa shape index (κ2) is 6.13. The zero-order valence-electron chi connectivity index (χ0n) is 11.9. The average molecular weight is 294 g/mol. The lowest BCUT2D eigenvalue weighted by Crippen LogP contribution is -2.28. The Labute approximate surface area is 127 Å². The Bertz CT molecular complexity index is 757. The molecule has 2 aromatic heterocycles. The molecule has 0 aliphatic carbocycles. The number of aryl methyl sites for hydroxylation is 1. The van der Waals surface area contributed by atoms with Crippen molar-refractivity contribution in [3.8, 4) is 0 Å². The average Bonchev–Trinajstić information content (AvgIpc) is 3.02. The molecular formula is C15H14N6O. The molecule has 0 spiro atoms. The highest BCUT2D eigenvalue weighted by atomic mass is 16.2. The minimum absolute atomic E-state index is 0.253. The summed E-state index contributed by atoms with van der Waals surface area (Å²) in [5.41, 5.74) is 1.62. The predicted octanol–water partition coefficient (Wildman–Crippen LogP) is 1.60. The van der Waals surface area contributed by atoms with Gasteiger partial charge in [-0.05, 0) is 35.0 Å². The molecule has 7 nitrogen and oxygen atoms in total. The van der Waals surface area contributed by atoms with Gasteiger partial charge in [-0.15, -0.1) is 5.10 Å².